The normalized spacial score (nSPS) is 21.2. The molecule has 0 bridgehead atoms. The highest BCUT2D eigenvalue weighted by Crippen LogP contribution is 2.42. The monoisotopic (exact) mass is 532 g/mol. The lowest BCUT2D eigenvalue weighted by Crippen LogP contribution is -2.58. The summed E-state index contributed by atoms with van der Waals surface area (Å²) in [6.07, 6.45) is -0.223. The molecule has 2 aliphatic rings. The highest BCUT2D eigenvalue weighted by molar-refractivity contribution is 6.03. The Labute approximate surface area is 228 Å². The van der Waals surface area contributed by atoms with E-state index in [9.17, 15) is 14.0 Å². The molecule has 5 rings (SSSR count). The molecule has 204 valence electrons. The minimum Gasteiger partial charge on any atom is -0.496 e. The van der Waals surface area contributed by atoms with Crippen LogP contribution >= 0.6 is 0 Å². The molecule has 2 heterocycles. The Morgan fingerprint density at radius 3 is 2.49 bits per heavy atom. The van der Waals surface area contributed by atoms with Gasteiger partial charge in [-0.3, -0.25) is 14.5 Å². The summed E-state index contributed by atoms with van der Waals surface area (Å²) in [6, 6.07) is 19.5. The van der Waals surface area contributed by atoms with Gasteiger partial charge in [0.1, 0.15) is 34.7 Å². The molecule has 1 amide bonds. The molecule has 2 aliphatic heterocycles. The first-order valence-corrected chi connectivity index (χ1v) is 13.2. The molecule has 3 atom stereocenters. The van der Waals surface area contributed by atoms with Crippen molar-refractivity contribution < 1.29 is 28.2 Å². The van der Waals surface area contributed by atoms with Gasteiger partial charge in [-0.25, -0.2) is 4.39 Å². The second-order valence-corrected chi connectivity index (χ2v) is 10.2. The Hall–Kier alpha value is -3.91. The number of hydrogen-bond donors (Lipinski definition) is 0. The number of methoxy groups -OCH3 is 1. The smallest absolute Gasteiger partial charge is 0.260 e. The Bertz CT molecular complexity index is 1330. The fourth-order valence-electron chi connectivity index (χ4n) is 5.30. The van der Waals surface area contributed by atoms with Crippen molar-refractivity contribution in [3.8, 4) is 17.2 Å². The second kappa shape index (κ2) is 11.5. The number of ether oxygens (including phenoxy) is 3. The zero-order chi connectivity index (χ0) is 27.5. The first kappa shape index (κ1) is 26.7. The largest absolute Gasteiger partial charge is 0.496 e. The molecule has 1 saturated heterocycles. The number of nitrogens with zero attached hydrogens (tertiary/aromatic N) is 2. The van der Waals surface area contributed by atoms with Crippen molar-refractivity contribution >= 4 is 11.7 Å². The number of carbonyl (C=O) groups is 2. The average Bonchev–Trinajstić information content (AvgIpc) is 2.94. The lowest BCUT2D eigenvalue weighted by Gasteiger charge is -2.44. The number of hydrogen-bond acceptors (Lipinski definition) is 6. The SMILES string of the molecule is COc1cc(OCC(=O)N2CC(C)N(Cc3ccc(F)cc3)CC2C)c2c(c1)OC(c1ccccc1)CC2=O. The third-order valence-corrected chi connectivity index (χ3v) is 7.45. The molecule has 8 heteroatoms. The van der Waals surface area contributed by atoms with Gasteiger partial charge in [-0.1, -0.05) is 42.5 Å². The minimum atomic E-state index is -0.402. The van der Waals surface area contributed by atoms with Crippen LogP contribution in [0.2, 0.25) is 0 Å². The predicted octanol–water partition coefficient (Wildman–Crippen LogP) is 5.04. The highest BCUT2D eigenvalue weighted by atomic mass is 19.1. The van der Waals surface area contributed by atoms with Crippen LogP contribution in [0.15, 0.2) is 66.7 Å². The van der Waals surface area contributed by atoms with Crippen LogP contribution in [0.5, 0.6) is 17.2 Å². The Morgan fingerprint density at radius 1 is 1.03 bits per heavy atom. The van der Waals surface area contributed by atoms with E-state index in [1.807, 2.05) is 42.2 Å². The number of amides is 1. The summed E-state index contributed by atoms with van der Waals surface area (Å²) < 4.78 is 30.9. The third kappa shape index (κ3) is 5.91. The van der Waals surface area contributed by atoms with Crippen LogP contribution in [0, 0.1) is 5.82 Å². The van der Waals surface area contributed by atoms with Crippen molar-refractivity contribution in [3.63, 3.8) is 0 Å². The van der Waals surface area contributed by atoms with Gasteiger partial charge in [-0.05, 0) is 37.1 Å². The van der Waals surface area contributed by atoms with Crippen molar-refractivity contribution in [2.45, 2.75) is 45.0 Å². The summed E-state index contributed by atoms with van der Waals surface area (Å²) in [5, 5.41) is 0. The van der Waals surface area contributed by atoms with Crippen molar-refractivity contribution in [3.05, 3.63) is 89.2 Å². The summed E-state index contributed by atoms with van der Waals surface area (Å²) in [7, 11) is 1.53. The summed E-state index contributed by atoms with van der Waals surface area (Å²) in [5.74, 6) is 0.639. The minimum absolute atomic E-state index is 0.0337. The van der Waals surface area contributed by atoms with E-state index in [-0.39, 0.29) is 48.4 Å². The van der Waals surface area contributed by atoms with Gasteiger partial charge in [-0.2, -0.15) is 0 Å². The van der Waals surface area contributed by atoms with Gasteiger partial charge < -0.3 is 19.1 Å². The quantitative estimate of drug-likeness (QED) is 0.425. The number of ketones is 1. The number of fused-ring (bicyclic) bond motifs is 1. The van der Waals surface area contributed by atoms with E-state index in [0.717, 1.165) is 11.1 Å². The standard InChI is InChI=1S/C31H33FN2O5/c1-20-17-34(21(2)16-33(20)18-22-9-11-24(32)12-10-22)30(36)19-38-28-13-25(37-3)14-29-31(28)26(35)15-27(39-29)23-7-5-4-6-8-23/h4-14,20-21,27H,15-19H2,1-3H3. The van der Waals surface area contributed by atoms with Gasteiger partial charge in [0, 0.05) is 43.9 Å². The maximum Gasteiger partial charge on any atom is 0.260 e. The van der Waals surface area contributed by atoms with Gasteiger partial charge in [0.05, 0.1) is 13.5 Å². The summed E-state index contributed by atoms with van der Waals surface area (Å²) in [5.41, 5.74) is 2.28. The van der Waals surface area contributed by atoms with Crippen LogP contribution in [0.1, 0.15) is 47.9 Å². The van der Waals surface area contributed by atoms with E-state index in [4.69, 9.17) is 14.2 Å². The summed E-state index contributed by atoms with van der Waals surface area (Å²) >= 11 is 0. The topological polar surface area (TPSA) is 68.3 Å². The van der Waals surface area contributed by atoms with E-state index in [0.29, 0.717) is 36.7 Å². The van der Waals surface area contributed by atoms with Gasteiger partial charge in [0.25, 0.3) is 5.91 Å². The van der Waals surface area contributed by atoms with Crippen molar-refractivity contribution in [2.75, 3.05) is 26.8 Å². The van der Waals surface area contributed by atoms with E-state index in [2.05, 4.69) is 11.8 Å². The Kier molecular flexibility index (Phi) is 7.84. The third-order valence-electron chi connectivity index (χ3n) is 7.45. The van der Waals surface area contributed by atoms with Gasteiger partial charge in [0.15, 0.2) is 12.4 Å². The number of Topliss-reactive ketones (excluding diaryl/α,β-unsaturated/α-hetero) is 1. The molecular formula is C31H33FN2O5. The fourth-order valence-corrected chi connectivity index (χ4v) is 5.30. The molecule has 39 heavy (non-hydrogen) atoms. The van der Waals surface area contributed by atoms with Crippen molar-refractivity contribution in [1.29, 1.82) is 0 Å². The maximum atomic E-state index is 13.3. The zero-order valence-electron chi connectivity index (χ0n) is 22.4. The molecule has 3 aromatic carbocycles. The molecule has 3 aromatic rings. The average molecular weight is 533 g/mol. The first-order chi connectivity index (χ1) is 18.8. The molecule has 0 aromatic heterocycles. The molecule has 0 spiro atoms. The molecule has 0 radical (unpaired) electrons. The van der Waals surface area contributed by atoms with Gasteiger partial charge in [-0.15, -0.1) is 0 Å². The van der Waals surface area contributed by atoms with Crippen LogP contribution in [-0.4, -0.2) is 60.4 Å². The lowest BCUT2D eigenvalue weighted by atomic mass is 9.95. The summed E-state index contributed by atoms with van der Waals surface area (Å²) in [6.45, 7) is 5.80. The molecular weight excluding hydrogens is 499 g/mol. The second-order valence-electron chi connectivity index (χ2n) is 10.2. The fraction of sp³-hybridized carbons (Fsp3) is 0.355. The number of carbonyl (C=O) groups excluding carboxylic acids is 2. The Balaban J connectivity index is 1.26. The van der Waals surface area contributed by atoms with Gasteiger partial charge in [0.2, 0.25) is 0 Å². The van der Waals surface area contributed by atoms with Crippen molar-refractivity contribution in [2.24, 2.45) is 0 Å². The lowest BCUT2D eigenvalue weighted by molar-refractivity contribution is -0.139. The van der Waals surface area contributed by atoms with Crippen LogP contribution < -0.4 is 14.2 Å². The number of rotatable bonds is 7. The van der Waals surface area contributed by atoms with E-state index in [1.165, 1.54) is 19.2 Å². The molecule has 0 N–H and O–H groups in total. The number of benzene rings is 3. The van der Waals surface area contributed by atoms with E-state index in [1.54, 1.807) is 24.3 Å². The van der Waals surface area contributed by atoms with E-state index < -0.39 is 6.10 Å². The van der Waals surface area contributed by atoms with Crippen LogP contribution in [0.25, 0.3) is 0 Å². The first-order valence-electron chi connectivity index (χ1n) is 13.2. The molecule has 1 fully saturated rings. The van der Waals surface area contributed by atoms with Crippen molar-refractivity contribution in [1.82, 2.24) is 9.80 Å². The van der Waals surface area contributed by atoms with Crippen LogP contribution in [-0.2, 0) is 11.3 Å². The molecule has 7 nitrogen and oxygen atoms in total. The molecule has 3 unspecified atom stereocenters. The molecule has 0 saturated carbocycles. The maximum absolute atomic E-state index is 13.3. The van der Waals surface area contributed by atoms with E-state index >= 15 is 0 Å². The zero-order valence-corrected chi connectivity index (χ0v) is 22.4. The Morgan fingerprint density at radius 2 is 1.77 bits per heavy atom. The number of halogens is 1. The predicted molar refractivity (Wildman–Crippen MR) is 145 cm³/mol. The van der Waals surface area contributed by atoms with Crippen LogP contribution in [0.4, 0.5) is 4.39 Å². The number of piperazine rings is 1. The van der Waals surface area contributed by atoms with Crippen LogP contribution in [0.3, 0.4) is 0 Å². The van der Waals surface area contributed by atoms with Gasteiger partial charge >= 0.3 is 0 Å². The molecule has 0 aliphatic carbocycles. The highest BCUT2D eigenvalue weighted by Gasteiger charge is 2.34. The summed E-state index contributed by atoms with van der Waals surface area (Å²) in [4.78, 5) is 30.6.